The minimum Gasteiger partial charge on any atom is -0.496 e. The number of benzene rings is 1. The van der Waals surface area contributed by atoms with Crippen LogP contribution in [0.4, 0.5) is 5.69 Å². The van der Waals surface area contributed by atoms with Gasteiger partial charge < -0.3 is 15.4 Å². The lowest BCUT2D eigenvalue weighted by molar-refractivity contribution is 0.103. The number of rotatable bonds is 3. The Kier molecular flexibility index (Phi) is 3.71. The van der Waals surface area contributed by atoms with Gasteiger partial charge in [-0.25, -0.2) is 0 Å². The van der Waals surface area contributed by atoms with Gasteiger partial charge in [0.25, 0.3) is 5.91 Å². The molecule has 20 heavy (non-hydrogen) atoms. The summed E-state index contributed by atoms with van der Waals surface area (Å²) in [6.45, 7) is 1.89. The molecule has 1 aliphatic heterocycles. The summed E-state index contributed by atoms with van der Waals surface area (Å²) in [6.07, 6.45) is 1.05. The van der Waals surface area contributed by atoms with Crippen molar-refractivity contribution in [2.24, 2.45) is 0 Å². The van der Waals surface area contributed by atoms with Gasteiger partial charge in [-0.1, -0.05) is 6.07 Å². The second-order valence-electron chi connectivity index (χ2n) is 4.72. The Labute approximate surface area is 121 Å². The van der Waals surface area contributed by atoms with Crippen LogP contribution in [0.25, 0.3) is 0 Å². The van der Waals surface area contributed by atoms with Gasteiger partial charge in [0.1, 0.15) is 5.75 Å². The summed E-state index contributed by atoms with van der Waals surface area (Å²) in [4.78, 5) is 12.8. The van der Waals surface area contributed by atoms with Crippen molar-refractivity contribution >= 4 is 22.9 Å². The Morgan fingerprint density at radius 3 is 3.05 bits per heavy atom. The Hall–Kier alpha value is -1.85. The van der Waals surface area contributed by atoms with E-state index in [1.807, 2.05) is 17.5 Å². The first-order valence-corrected chi connectivity index (χ1v) is 7.40. The predicted molar refractivity (Wildman–Crippen MR) is 80.7 cm³/mol. The van der Waals surface area contributed by atoms with Crippen LogP contribution in [0.3, 0.4) is 0 Å². The molecule has 3 rings (SSSR count). The topological polar surface area (TPSA) is 50.4 Å². The highest BCUT2D eigenvalue weighted by atomic mass is 32.1. The molecule has 1 aromatic heterocycles. The molecule has 0 saturated heterocycles. The van der Waals surface area contributed by atoms with E-state index >= 15 is 0 Å². The number of fused-ring (bicyclic) bond motifs is 1. The Morgan fingerprint density at radius 2 is 2.25 bits per heavy atom. The van der Waals surface area contributed by atoms with Gasteiger partial charge in [0.05, 0.1) is 12.0 Å². The summed E-state index contributed by atoms with van der Waals surface area (Å²) >= 11 is 1.38. The first kappa shape index (κ1) is 13.1. The summed E-state index contributed by atoms with van der Waals surface area (Å²) < 4.78 is 5.09. The van der Waals surface area contributed by atoms with Crippen molar-refractivity contribution in [1.29, 1.82) is 0 Å². The second-order valence-corrected chi connectivity index (χ2v) is 5.63. The van der Waals surface area contributed by atoms with Crippen molar-refractivity contribution in [3.8, 4) is 5.75 Å². The van der Waals surface area contributed by atoms with Crippen LogP contribution in [-0.4, -0.2) is 19.6 Å². The van der Waals surface area contributed by atoms with Crippen molar-refractivity contribution in [3.63, 3.8) is 0 Å². The third-order valence-corrected chi connectivity index (χ3v) is 4.29. The predicted octanol–water partition coefficient (Wildman–Crippen LogP) is 2.65. The summed E-state index contributed by atoms with van der Waals surface area (Å²) in [5.41, 5.74) is 3.46. The van der Waals surface area contributed by atoms with E-state index in [0.717, 1.165) is 30.9 Å². The summed E-state index contributed by atoms with van der Waals surface area (Å²) in [5.74, 6) is 0.622. The van der Waals surface area contributed by atoms with Crippen molar-refractivity contribution in [3.05, 3.63) is 45.6 Å². The molecular weight excluding hydrogens is 272 g/mol. The molecule has 1 amide bonds. The van der Waals surface area contributed by atoms with Gasteiger partial charge in [0, 0.05) is 23.7 Å². The standard InChI is InChI=1S/C15H16N2O2S/c1-19-13-7-14(20-9-13)15(18)17-12-3-2-10-4-5-16-8-11(10)6-12/h2-3,6-7,9,16H,4-5,8H2,1H3,(H,17,18). The minimum atomic E-state index is -0.0954. The van der Waals surface area contributed by atoms with Crippen molar-refractivity contribution < 1.29 is 9.53 Å². The number of hydrogen-bond acceptors (Lipinski definition) is 4. The minimum absolute atomic E-state index is 0.0954. The molecular formula is C15H16N2O2S. The lowest BCUT2D eigenvalue weighted by atomic mass is 10.0. The number of nitrogens with one attached hydrogen (secondary N) is 2. The number of hydrogen-bond donors (Lipinski definition) is 2. The van der Waals surface area contributed by atoms with Gasteiger partial charge in [-0.15, -0.1) is 11.3 Å². The van der Waals surface area contributed by atoms with E-state index in [4.69, 9.17) is 4.74 Å². The average molecular weight is 288 g/mol. The molecule has 2 heterocycles. The van der Waals surface area contributed by atoms with E-state index in [1.54, 1.807) is 13.2 Å². The third-order valence-electron chi connectivity index (χ3n) is 3.39. The zero-order valence-electron chi connectivity index (χ0n) is 11.2. The fraction of sp³-hybridized carbons (Fsp3) is 0.267. The number of amides is 1. The van der Waals surface area contributed by atoms with Crippen molar-refractivity contribution in [2.45, 2.75) is 13.0 Å². The lowest BCUT2D eigenvalue weighted by Gasteiger charge is -2.18. The lowest BCUT2D eigenvalue weighted by Crippen LogP contribution is -2.23. The van der Waals surface area contributed by atoms with Crippen LogP contribution in [0.15, 0.2) is 29.6 Å². The molecule has 0 fully saturated rings. The first-order valence-electron chi connectivity index (χ1n) is 6.52. The van der Waals surface area contributed by atoms with Gasteiger partial charge in [-0.3, -0.25) is 4.79 Å². The fourth-order valence-corrected chi connectivity index (χ4v) is 3.05. The summed E-state index contributed by atoms with van der Waals surface area (Å²) in [7, 11) is 1.60. The number of carbonyl (C=O) groups is 1. The molecule has 0 aliphatic carbocycles. The van der Waals surface area contributed by atoms with Crippen LogP contribution in [-0.2, 0) is 13.0 Å². The van der Waals surface area contributed by atoms with Gasteiger partial charge in [0.15, 0.2) is 0 Å². The van der Waals surface area contributed by atoms with E-state index in [0.29, 0.717) is 4.88 Å². The van der Waals surface area contributed by atoms with E-state index in [9.17, 15) is 4.79 Å². The molecule has 2 aromatic rings. The molecule has 1 aromatic carbocycles. The SMILES string of the molecule is COc1csc(C(=O)Nc2ccc3c(c2)CNCC3)c1. The van der Waals surface area contributed by atoms with Crippen LogP contribution in [0.2, 0.25) is 0 Å². The average Bonchev–Trinajstić information content (AvgIpc) is 2.96. The molecule has 0 atom stereocenters. The molecule has 1 aliphatic rings. The monoisotopic (exact) mass is 288 g/mol. The molecule has 0 bridgehead atoms. The molecule has 2 N–H and O–H groups in total. The van der Waals surface area contributed by atoms with Crippen molar-refractivity contribution in [1.82, 2.24) is 5.32 Å². The van der Waals surface area contributed by atoms with Crippen LogP contribution >= 0.6 is 11.3 Å². The Bertz CT molecular complexity index is 637. The second kappa shape index (κ2) is 5.64. The quantitative estimate of drug-likeness (QED) is 0.913. The smallest absolute Gasteiger partial charge is 0.265 e. The number of methoxy groups -OCH3 is 1. The van der Waals surface area contributed by atoms with Gasteiger partial charge >= 0.3 is 0 Å². The largest absolute Gasteiger partial charge is 0.496 e. The van der Waals surface area contributed by atoms with Gasteiger partial charge in [0.2, 0.25) is 0 Å². The van der Waals surface area contributed by atoms with Crippen LogP contribution in [0.5, 0.6) is 5.75 Å². The third kappa shape index (κ3) is 2.69. The van der Waals surface area contributed by atoms with Crippen LogP contribution < -0.4 is 15.4 Å². The zero-order valence-corrected chi connectivity index (χ0v) is 12.0. The number of carbonyl (C=O) groups excluding carboxylic acids is 1. The highest BCUT2D eigenvalue weighted by molar-refractivity contribution is 7.12. The summed E-state index contributed by atoms with van der Waals surface area (Å²) in [5, 5.41) is 8.10. The van der Waals surface area contributed by atoms with Gasteiger partial charge in [-0.2, -0.15) is 0 Å². The van der Waals surface area contributed by atoms with Gasteiger partial charge in [-0.05, 0) is 36.2 Å². The number of ether oxygens (including phenoxy) is 1. The number of thiophene rings is 1. The first-order chi connectivity index (χ1) is 9.76. The fourth-order valence-electron chi connectivity index (χ4n) is 2.30. The maximum atomic E-state index is 12.1. The molecule has 0 spiro atoms. The highest BCUT2D eigenvalue weighted by Gasteiger charge is 2.12. The van der Waals surface area contributed by atoms with Crippen LogP contribution in [0.1, 0.15) is 20.8 Å². The normalized spacial score (nSPS) is 13.7. The van der Waals surface area contributed by atoms with Crippen molar-refractivity contribution in [2.75, 3.05) is 19.0 Å². The molecule has 104 valence electrons. The maximum Gasteiger partial charge on any atom is 0.265 e. The number of anilines is 1. The Morgan fingerprint density at radius 1 is 1.35 bits per heavy atom. The van der Waals surface area contributed by atoms with E-state index < -0.39 is 0 Å². The Balaban J connectivity index is 1.75. The molecule has 0 radical (unpaired) electrons. The molecule has 4 nitrogen and oxygen atoms in total. The van der Waals surface area contributed by atoms with E-state index in [1.165, 1.54) is 22.5 Å². The van der Waals surface area contributed by atoms with E-state index in [2.05, 4.69) is 16.7 Å². The highest BCUT2D eigenvalue weighted by Crippen LogP contribution is 2.23. The zero-order chi connectivity index (χ0) is 13.9. The molecule has 0 saturated carbocycles. The van der Waals surface area contributed by atoms with E-state index in [-0.39, 0.29) is 5.91 Å². The maximum absolute atomic E-state index is 12.1. The molecule has 0 unspecified atom stereocenters. The van der Waals surface area contributed by atoms with Crippen LogP contribution in [0, 0.1) is 0 Å². The summed E-state index contributed by atoms with van der Waals surface area (Å²) in [6, 6.07) is 7.86. The molecule has 5 heteroatoms.